The van der Waals surface area contributed by atoms with Crippen molar-refractivity contribution in [1.82, 2.24) is 10.6 Å². The zero-order valence-electron chi connectivity index (χ0n) is 11.2. The van der Waals surface area contributed by atoms with Crippen molar-refractivity contribution >= 4 is 11.7 Å². The summed E-state index contributed by atoms with van der Waals surface area (Å²) in [5, 5.41) is 8.04. The second-order valence-corrected chi connectivity index (χ2v) is 4.61. The number of alkyl halides is 3. The molecule has 116 valence electrons. The Morgan fingerprint density at radius 1 is 1.43 bits per heavy atom. The maximum Gasteiger partial charge on any atom is 0.416 e. The number of rotatable bonds is 3. The molecule has 0 aliphatic carbocycles. The van der Waals surface area contributed by atoms with Crippen molar-refractivity contribution in [3.63, 3.8) is 0 Å². The summed E-state index contributed by atoms with van der Waals surface area (Å²) < 4.78 is 43.0. The van der Waals surface area contributed by atoms with Crippen LogP contribution in [0.25, 0.3) is 0 Å². The van der Waals surface area contributed by atoms with Crippen molar-refractivity contribution in [2.45, 2.75) is 12.3 Å². The van der Waals surface area contributed by atoms with Crippen LogP contribution in [0.5, 0.6) is 0 Å². The van der Waals surface area contributed by atoms with Gasteiger partial charge in [0.25, 0.3) is 0 Å². The third kappa shape index (κ3) is 4.91. The van der Waals surface area contributed by atoms with Crippen LogP contribution in [0.4, 0.5) is 23.7 Å². The molecule has 1 aromatic carbocycles. The largest absolute Gasteiger partial charge is 0.416 e. The summed E-state index contributed by atoms with van der Waals surface area (Å²) in [7, 11) is 0. The van der Waals surface area contributed by atoms with E-state index in [0.29, 0.717) is 13.2 Å². The number of amides is 2. The van der Waals surface area contributed by atoms with E-state index < -0.39 is 17.8 Å². The van der Waals surface area contributed by atoms with E-state index in [1.54, 1.807) is 0 Å². The van der Waals surface area contributed by atoms with Gasteiger partial charge in [0.05, 0.1) is 18.3 Å². The number of anilines is 1. The molecule has 1 unspecified atom stereocenters. The van der Waals surface area contributed by atoms with Gasteiger partial charge in [0.2, 0.25) is 0 Å². The lowest BCUT2D eigenvalue weighted by atomic mass is 10.2. The van der Waals surface area contributed by atoms with Gasteiger partial charge in [-0.05, 0) is 18.2 Å². The minimum Gasteiger partial charge on any atom is -0.374 e. The Labute approximate surface area is 119 Å². The number of carbonyl (C=O) groups excluding carboxylic acids is 1. The molecule has 3 N–H and O–H groups in total. The highest BCUT2D eigenvalue weighted by molar-refractivity contribution is 5.89. The molecule has 1 aliphatic heterocycles. The van der Waals surface area contributed by atoms with Gasteiger partial charge >= 0.3 is 12.2 Å². The quantitative estimate of drug-likeness (QED) is 0.798. The molecule has 0 spiro atoms. The molecule has 1 aromatic rings. The number of morpholine rings is 1. The molecular formula is C13H16F3N3O2. The van der Waals surface area contributed by atoms with E-state index in [0.717, 1.165) is 18.7 Å². The van der Waals surface area contributed by atoms with Crippen LogP contribution >= 0.6 is 0 Å². The second-order valence-electron chi connectivity index (χ2n) is 4.61. The standard InChI is InChI=1S/C13H16F3N3O2/c14-13(15,16)9-2-1-3-10(6-9)19-12(20)18-8-11-7-17-4-5-21-11/h1-3,6,11,17H,4-5,7-8H2,(H2,18,19,20). The average Bonchev–Trinajstić information content (AvgIpc) is 2.46. The first-order valence-electron chi connectivity index (χ1n) is 6.49. The molecule has 1 fully saturated rings. The SMILES string of the molecule is O=C(NCC1CNCCO1)Nc1cccc(C(F)(F)F)c1. The van der Waals surface area contributed by atoms with Crippen LogP contribution < -0.4 is 16.0 Å². The molecule has 5 nitrogen and oxygen atoms in total. The van der Waals surface area contributed by atoms with Crippen molar-refractivity contribution in [2.24, 2.45) is 0 Å². The molecule has 0 aromatic heterocycles. The normalized spacial score (nSPS) is 19.1. The van der Waals surface area contributed by atoms with E-state index in [1.807, 2.05) is 0 Å². The Bertz CT molecular complexity index is 488. The predicted molar refractivity (Wildman–Crippen MR) is 71.1 cm³/mol. The van der Waals surface area contributed by atoms with Crippen molar-refractivity contribution in [2.75, 3.05) is 31.6 Å². The van der Waals surface area contributed by atoms with Gasteiger partial charge in [-0.15, -0.1) is 0 Å². The maximum atomic E-state index is 12.5. The fourth-order valence-electron chi connectivity index (χ4n) is 1.91. The van der Waals surface area contributed by atoms with Gasteiger partial charge in [-0.25, -0.2) is 4.79 Å². The number of ether oxygens (including phenoxy) is 1. The lowest BCUT2D eigenvalue weighted by Crippen LogP contribution is -2.46. The van der Waals surface area contributed by atoms with Crippen LogP contribution in [0.15, 0.2) is 24.3 Å². The molecule has 0 bridgehead atoms. The summed E-state index contributed by atoms with van der Waals surface area (Å²) in [4.78, 5) is 11.6. The first-order valence-corrected chi connectivity index (χ1v) is 6.49. The Balaban J connectivity index is 1.84. The smallest absolute Gasteiger partial charge is 0.374 e. The molecule has 0 saturated carbocycles. The number of benzene rings is 1. The average molecular weight is 303 g/mol. The highest BCUT2D eigenvalue weighted by Crippen LogP contribution is 2.30. The lowest BCUT2D eigenvalue weighted by Gasteiger charge is -2.23. The van der Waals surface area contributed by atoms with E-state index in [1.165, 1.54) is 12.1 Å². The van der Waals surface area contributed by atoms with Crippen LogP contribution in [0, 0.1) is 0 Å². The van der Waals surface area contributed by atoms with Gasteiger partial charge in [-0.3, -0.25) is 0 Å². The highest BCUT2D eigenvalue weighted by Gasteiger charge is 2.30. The molecule has 21 heavy (non-hydrogen) atoms. The van der Waals surface area contributed by atoms with E-state index in [2.05, 4.69) is 16.0 Å². The zero-order chi connectivity index (χ0) is 15.3. The number of nitrogens with one attached hydrogen (secondary N) is 3. The number of hydrogen-bond donors (Lipinski definition) is 3. The molecule has 1 heterocycles. The third-order valence-corrected chi connectivity index (χ3v) is 2.94. The molecular weight excluding hydrogens is 287 g/mol. The lowest BCUT2D eigenvalue weighted by molar-refractivity contribution is -0.137. The number of carbonyl (C=O) groups is 1. The topological polar surface area (TPSA) is 62.4 Å². The molecule has 0 radical (unpaired) electrons. The molecule has 1 atom stereocenters. The van der Waals surface area contributed by atoms with Crippen LogP contribution in [0.3, 0.4) is 0 Å². The van der Waals surface area contributed by atoms with Crippen molar-refractivity contribution < 1.29 is 22.7 Å². The molecule has 1 aliphatic rings. The van der Waals surface area contributed by atoms with Crippen LogP contribution in [-0.4, -0.2) is 38.4 Å². The minimum absolute atomic E-state index is 0.0880. The first kappa shape index (κ1) is 15.6. The first-order chi connectivity index (χ1) is 9.95. The Morgan fingerprint density at radius 2 is 2.24 bits per heavy atom. The number of halogens is 3. The van der Waals surface area contributed by atoms with Gasteiger partial charge < -0.3 is 20.7 Å². The van der Waals surface area contributed by atoms with E-state index >= 15 is 0 Å². The summed E-state index contributed by atoms with van der Waals surface area (Å²) in [5.41, 5.74) is -0.717. The molecule has 2 amide bonds. The van der Waals surface area contributed by atoms with Gasteiger partial charge in [0, 0.05) is 25.3 Å². The summed E-state index contributed by atoms with van der Waals surface area (Å²) in [6.07, 6.45) is -4.57. The minimum atomic E-state index is -4.43. The van der Waals surface area contributed by atoms with Gasteiger partial charge in [0.15, 0.2) is 0 Å². The van der Waals surface area contributed by atoms with Crippen LogP contribution in [0.2, 0.25) is 0 Å². The van der Waals surface area contributed by atoms with E-state index in [-0.39, 0.29) is 18.3 Å². The van der Waals surface area contributed by atoms with Gasteiger partial charge in [-0.2, -0.15) is 13.2 Å². The summed E-state index contributed by atoms with van der Waals surface area (Å²) >= 11 is 0. The predicted octanol–water partition coefficient (Wildman–Crippen LogP) is 1.82. The molecule has 2 rings (SSSR count). The second kappa shape index (κ2) is 6.77. The van der Waals surface area contributed by atoms with Crippen LogP contribution in [0.1, 0.15) is 5.56 Å². The van der Waals surface area contributed by atoms with Crippen LogP contribution in [-0.2, 0) is 10.9 Å². The Morgan fingerprint density at radius 3 is 2.90 bits per heavy atom. The van der Waals surface area contributed by atoms with Crippen molar-refractivity contribution in [3.8, 4) is 0 Å². The highest BCUT2D eigenvalue weighted by atomic mass is 19.4. The van der Waals surface area contributed by atoms with E-state index in [9.17, 15) is 18.0 Å². The van der Waals surface area contributed by atoms with Gasteiger partial charge in [0.1, 0.15) is 0 Å². The van der Waals surface area contributed by atoms with Crippen molar-refractivity contribution in [3.05, 3.63) is 29.8 Å². The molecule has 8 heteroatoms. The Kier molecular flexibility index (Phi) is 5.03. The summed E-state index contributed by atoms with van der Waals surface area (Å²) in [6.45, 7) is 2.26. The van der Waals surface area contributed by atoms with Crippen molar-refractivity contribution in [1.29, 1.82) is 0 Å². The van der Waals surface area contributed by atoms with Gasteiger partial charge in [-0.1, -0.05) is 6.07 Å². The monoisotopic (exact) mass is 303 g/mol. The summed E-state index contributed by atoms with van der Waals surface area (Å²) in [5.74, 6) is 0. The molecule has 1 saturated heterocycles. The Hall–Kier alpha value is -1.80. The number of hydrogen-bond acceptors (Lipinski definition) is 3. The number of urea groups is 1. The summed E-state index contributed by atoms with van der Waals surface area (Å²) in [6, 6.07) is 3.91. The van der Waals surface area contributed by atoms with E-state index in [4.69, 9.17) is 4.74 Å². The fraction of sp³-hybridized carbons (Fsp3) is 0.462. The maximum absolute atomic E-state index is 12.5. The zero-order valence-corrected chi connectivity index (χ0v) is 11.2. The fourth-order valence-corrected chi connectivity index (χ4v) is 1.91. The third-order valence-electron chi connectivity index (χ3n) is 2.94.